The summed E-state index contributed by atoms with van der Waals surface area (Å²) in [5, 5.41) is 6.58. The van der Waals surface area contributed by atoms with Gasteiger partial charge < -0.3 is 9.42 Å². The Morgan fingerprint density at radius 1 is 1.33 bits per heavy atom. The van der Waals surface area contributed by atoms with E-state index in [9.17, 15) is 4.79 Å². The van der Waals surface area contributed by atoms with E-state index in [2.05, 4.69) is 10.1 Å². The molecular formula is C16H14ClN3O2S2. The maximum atomic E-state index is 12.2. The van der Waals surface area contributed by atoms with E-state index < -0.39 is 0 Å². The lowest BCUT2D eigenvalue weighted by molar-refractivity contribution is -0.127. The highest BCUT2D eigenvalue weighted by Gasteiger charge is 2.15. The summed E-state index contributed by atoms with van der Waals surface area (Å²) in [7, 11) is 1.72. The lowest BCUT2D eigenvalue weighted by Gasteiger charge is -2.14. The maximum absolute atomic E-state index is 12.2. The second kappa shape index (κ2) is 7.83. The van der Waals surface area contributed by atoms with Gasteiger partial charge in [0, 0.05) is 17.0 Å². The molecule has 1 amide bonds. The molecule has 0 bridgehead atoms. The zero-order valence-corrected chi connectivity index (χ0v) is 15.2. The first-order valence-corrected chi connectivity index (χ1v) is 9.35. The van der Waals surface area contributed by atoms with Gasteiger partial charge in [0.15, 0.2) is 0 Å². The van der Waals surface area contributed by atoms with Crippen LogP contribution in [0.2, 0.25) is 5.02 Å². The Kier molecular flexibility index (Phi) is 5.55. The van der Waals surface area contributed by atoms with Crippen LogP contribution in [0, 0.1) is 0 Å². The first-order chi connectivity index (χ1) is 11.6. The minimum absolute atomic E-state index is 0.00850. The van der Waals surface area contributed by atoms with Gasteiger partial charge in [-0.3, -0.25) is 4.79 Å². The van der Waals surface area contributed by atoms with Crippen LogP contribution in [0.4, 0.5) is 0 Å². The number of amides is 1. The molecule has 0 aliphatic carbocycles. The molecule has 2 heterocycles. The topological polar surface area (TPSA) is 59.2 Å². The fourth-order valence-corrected chi connectivity index (χ4v) is 3.52. The molecule has 2 aromatic heterocycles. The molecule has 5 nitrogen and oxygen atoms in total. The number of thiophene rings is 1. The Balaban J connectivity index is 1.53. The highest BCUT2D eigenvalue weighted by molar-refractivity contribution is 8.00. The Bertz CT molecular complexity index is 803. The smallest absolute Gasteiger partial charge is 0.246 e. The van der Waals surface area contributed by atoms with Crippen LogP contribution in [0.25, 0.3) is 10.7 Å². The monoisotopic (exact) mass is 379 g/mol. The van der Waals surface area contributed by atoms with Gasteiger partial charge in [-0.25, -0.2) is 0 Å². The number of thioether (sulfide) groups is 1. The molecule has 1 aromatic carbocycles. The van der Waals surface area contributed by atoms with Gasteiger partial charge in [-0.05, 0) is 35.7 Å². The van der Waals surface area contributed by atoms with Crippen molar-refractivity contribution in [3.63, 3.8) is 0 Å². The van der Waals surface area contributed by atoms with E-state index in [1.165, 1.54) is 11.8 Å². The van der Waals surface area contributed by atoms with Gasteiger partial charge in [-0.1, -0.05) is 22.8 Å². The van der Waals surface area contributed by atoms with Crippen LogP contribution in [0.1, 0.15) is 5.89 Å². The summed E-state index contributed by atoms with van der Waals surface area (Å²) in [5.74, 6) is 1.30. The normalized spacial score (nSPS) is 10.8. The summed E-state index contributed by atoms with van der Waals surface area (Å²) in [6.07, 6.45) is 0. The van der Waals surface area contributed by atoms with Gasteiger partial charge in [0.25, 0.3) is 0 Å². The summed E-state index contributed by atoms with van der Waals surface area (Å²) in [6.45, 7) is 0.290. The zero-order valence-electron chi connectivity index (χ0n) is 12.8. The average molecular weight is 380 g/mol. The highest BCUT2D eigenvalue weighted by Crippen LogP contribution is 2.22. The maximum Gasteiger partial charge on any atom is 0.246 e. The number of aromatic nitrogens is 2. The van der Waals surface area contributed by atoms with E-state index in [1.54, 1.807) is 23.3 Å². The molecule has 0 saturated heterocycles. The lowest BCUT2D eigenvalue weighted by Crippen LogP contribution is -2.27. The number of halogens is 1. The molecule has 0 atom stereocenters. The quantitative estimate of drug-likeness (QED) is 0.600. The number of carbonyl (C=O) groups excluding carboxylic acids is 1. The summed E-state index contributed by atoms with van der Waals surface area (Å²) in [5.41, 5.74) is 0. The third-order valence-corrected chi connectivity index (χ3v) is 5.30. The molecule has 0 N–H and O–H groups in total. The second-order valence-electron chi connectivity index (χ2n) is 4.98. The van der Waals surface area contributed by atoms with Crippen LogP contribution >= 0.6 is 34.7 Å². The van der Waals surface area contributed by atoms with Crippen molar-refractivity contribution in [2.24, 2.45) is 0 Å². The lowest BCUT2D eigenvalue weighted by atomic mass is 10.4. The zero-order chi connectivity index (χ0) is 16.9. The summed E-state index contributed by atoms with van der Waals surface area (Å²) in [4.78, 5) is 20.1. The molecule has 3 rings (SSSR count). The third-order valence-electron chi connectivity index (χ3n) is 3.18. The van der Waals surface area contributed by atoms with Crippen LogP contribution in [0.15, 0.2) is 51.2 Å². The highest BCUT2D eigenvalue weighted by atomic mass is 35.5. The third kappa shape index (κ3) is 4.37. The van der Waals surface area contributed by atoms with Crippen molar-refractivity contribution in [2.45, 2.75) is 11.4 Å². The van der Waals surface area contributed by atoms with Crippen molar-refractivity contribution in [1.29, 1.82) is 0 Å². The standard InChI is InChI=1S/C16H14ClN3O2S2/c1-20(15(21)10-24-12-6-4-11(17)5-7-12)9-14-18-16(19-22-14)13-3-2-8-23-13/h2-8H,9-10H2,1H3. The van der Waals surface area contributed by atoms with Crippen molar-refractivity contribution in [2.75, 3.05) is 12.8 Å². The molecule has 0 spiro atoms. The molecule has 0 aliphatic heterocycles. The molecule has 8 heteroatoms. The van der Waals surface area contributed by atoms with E-state index >= 15 is 0 Å². The summed E-state index contributed by atoms with van der Waals surface area (Å²) >= 11 is 8.85. The molecule has 124 valence electrons. The van der Waals surface area contributed by atoms with Gasteiger partial charge in [-0.15, -0.1) is 23.1 Å². The number of hydrogen-bond donors (Lipinski definition) is 0. The minimum Gasteiger partial charge on any atom is -0.337 e. The van der Waals surface area contributed by atoms with Crippen LogP contribution < -0.4 is 0 Å². The van der Waals surface area contributed by atoms with Gasteiger partial charge in [-0.2, -0.15) is 4.98 Å². The molecule has 0 unspecified atom stereocenters. The average Bonchev–Trinajstić information content (AvgIpc) is 3.25. The Hall–Kier alpha value is -1.83. The number of nitrogens with zero attached hydrogens (tertiary/aromatic N) is 3. The minimum atomic E-state index is -0.00850. The molecule has 0 radical (unpaired) electrons. The fraction of sp³-hybridized carbons (Fsp3) is 0.188. The van der Waals surface area contributed by atoms with Gasteiger partial charge in [0.1, 0.15) is 0 Å². The van der Waals surface area contributed by atoms with E-state index in [4.69, 9.17) is 16.1 Å². The largest absolute Gasteiger partial charge is 0.337 e. The van der Waals surface area contributed by atoms with Crippen LogP contribution in [0.5, 0.6) is 0 Å². The van der Waals surface area contributed by atoms with Crippen molar-refractivity contribution in [1.82, 2.24) is 15.0 Å². The molecule has 24 heavy (non-hydrogen) atoms. The molecular weight excluding hydrogens is 366 g/mol. The number of rotatable bonds is 6. The van der Waals surface area contributed by atoms with Crippen molar-refractivity contribution in [3.05, 3.63) is 52.7 Å². The molecule has 3 aromatic rings. The molecule has 0 fully saturated rings. The molecule has 0 aliphatic rings. The second-order valence-corrected chi connectivity index (χ2v) is 7.41. The Labute approximate surface area is 152 Å². The predicted octanol–water partition coefficient (Wildman–Crippen LogP) is 4.20. The van der Waals surface area contributed by atoms with Crippen LogP contribution in [-0.4, -0.2) is 33.7 Å². The predicted molar refractivity (Wildman–Crippen MR) is 96.3 cm³/mol. The molecule has 0 saturated carbocycles. The van der Waals surface area contributed by atoms with Crippen LogP contribution in [0.3, 0.4) is 0 Å². The number of hydrogen-bond acceptors (Lipinski definition) is 6. The SMILES string of the molecule is CN(Cc1nc(-c2cccs2)no1)C(=O)CSc1ccc(Cl)cc1. The van der Waals surface area contributed by atoms with E-state index in [0.29, 0.717) is 29.0 Å². The first kappa shape index (κ1) is 17.0. The Morgan fingerprint density at radius 2 is 2.12 bits per heavy atom. The van der Waals surface area contributed by atoms with Gasteiger partial charge in [0.2, 0.25) is 17.6 Å². The summed E-state index contributed by atoms with van der Waals surface area (Å²) < 4.78 is 5.22. The number of benzene rings is 1. The van der Waals surface area contributed by atoms with Crippen molar-refractivity contribution in [3.8, 4) is 10.7 Å². The first-order valence-electron chi connectivity index (χ1n) is 7.10. The van der Waals surface area contributed by atoms with E-state index in [0.717, 1.165) is 9.77 Å². The van der Waals surface area contributed by atoms with Crippen LogP contribution in [-0.2, 0) is 11.3 Å². The van der Waals surface area contributed by atoms with Crippen molar-refractivity contribution < 1.29 is 9.32 Å². The van der Waals surface area contributed by atoms with Gasteiger partial charge in [0.05, 0.1) is 17.2 Å². The number of carbonyl (C=O) groups is 1. The Morgan fingerprint density at radius 3 is 2.83 bits per heavy atom. The van der Waals surface area contributed by atoms with E-state index in [1.807, 2.05) is 41.8 Å². The summed E-state index contributed by atoms with van der Waals surface area (Å²) in [6, 6.07) is 11.3. The van der Waals surface area contributed by atoms with Crippen molar-refractivity contribution >= 4 is 40.6 Å². The fourth-order valence-electron chi connectivity index (χ4n) is 1.90. The van der Waals surface area contributed by atoms with Gasteiger partial charge >= 0.3 is 0 Å². The van der Waals surface area contributed by atoms with E-state index in [-0.39, 0.29) is 5.91 Å².